The van der Waals surface area contributed by atoms with Gasteiger partial charge in [-0.2, -0.15) is 4.31 Å². The summed E-state index contributed by atoms with van der Waals surface area (Å²) in [5.41, 5.74) is 0.110. The average molecular weight is 466 g/mol. The molecule has 0 spiro atoms. The number of nitrogens with zero attached hydrogens (tertiary/aromatic N) is 1. The largest absolute Gasteiger partial charge is 0.325 e. The molecule has 0 aliphatic carbocycles. The summed E-state index contributed by atoms with van der Waals surface area (Å²) in [5.74, 6) is -12.0. The SMILES string of the molecule is O=C(CSc1c(F)c(F)c(F)c(F)c1F)Nc1cccc(S(=O)(=O)N2CCCC2)c1. The minimum absolute atomic E-state index is 0.0328. The van der Waals surface area contributed by atoms with Crippen molar-refractivity contribution in [3.63, 3.8) is 0 Å². The number of anilines is 1. The van der Waals surface area contributed by atoms with E-state index >= 15 is 0 Å². The minimum Gasteiger partial charge on any atom is -0.325 e. The molecule has 3 rings (SSSR count). The number of carbonyl (C=O) groups is 1. The maximum absolute atomic E-state index is 13.7. The molecule has 2 aromatic rings. The lowest BCUT2D eigenvalue weighted by atomic mass is 10.3. The van der Waals surface area contributed by atoms with Gasteiger partial charge in [-0.3, -0.25) is 4.79 Å². The van der Waals surface area contributed by atoms with Crippen molar-refractivity contribution < 1.29 is 35.2 Å². The average Bonchev–Trinajstić information content (AvgIpc) is 3.27. The number of thioether (sulfide) groups is 1. The highest BCUT2D eigenvalue weighted by Crippen LogP contribution is 2.31. The molecule has 0 atom stereocenters. The van der Waals surface area contributed by atoms with Crippen molar-refractivity contribution >= 4 is 33.4 Å². The Kier molecular flexibility index (Phi) is 6.68. The lowest BCUT2D eigenvalue weighted by Gasteiger charge is -2.16. The first-order valence-corrected chi connectivity index (χ1v) is 11.1. The molecule has 1 aliphatic heterocycles. The van der Waals surface area contributed by atoms with Crippen molar-refractivity contribution in [1.29, 1.82) is 0 Å². The molecule has 162 valence electrons. The zero-order valence-corrected chi connectivity index (χ0v) is 16.9. The van der Waals surface area contributed by atoms with Gasteiger partial charge in [-0.15, -0.1) is 11.8 Å². The molecule has 1 amide bonds. The Hall–Kier alpha value is -2.18. The van der Waals surface area contributed by atoms with E-state index in [2.05, 4.69) is 5.32 Å². The molecule has 1 saturated heterocycles. The molecule has 0 bridgehead atoms. The van der Waals surface area contributed by atoms with Crippen LogP contribution in [0.4, 0.5) is 27.6 Å². The van der Waals surface area contributed by atoms with E-state index in [4.69, 9.17) is 0 Å². The summed E-state index contributed by atoms with van der Waals surface area (Å²) in [4.78, 5) is 10.9. The maximum atomic E-state index is 13.7. The summed E-state index contributed by atoms with van der Waals surface area (Å²) in [5, 5.41) is 2.35. The number of sulfonamides is 1. The van der Waals surface area contributed by atoms with Crippen molar-refractivity contribution in [2.24, 2.45) is 0 Å². The van der Waals surface area contributed by atoms with Gasteiger partial charge in [0.15, 0.2) is 23.3 Å². The first-order valence-electron chi connectivity index (χ1n) is 8.67. The van der Waals surface area contributed by atoms with E-state index in [0.717, 1.165) is 12.8 Å². The monoisotopic (exact) mass is 466 g/mol. The maximum Gasteiger partial charge on any atom is 0.243 e. The number of nitrogens with one attached hydrogen (secondary N) is 1. The molecule has 2 aromatic carbocycles. The van der Waals surface area contributed by atoms with E-state index in [1.54, 1.807) is 0 Å². The fourth-order valence-corrected chi connectivity index (χ4v) is 5.20. The number of rotatable bonds is 6. The van der Waals surface area contributed by atoms with E-state index in [1.165, 1.54) is 28.6 Å². The van der Waals surface area contributed by atoms with Gasteiger partial charge in [0.05, 0.1) is 15.5 Å². The van der Waals surface area contributed by atoms with Gasteiger partial charge in [-0.1, -0.05) is 6.07 Å². The Balaban J connectivity index is 1.71. The van der Waals surface area contributed by atoms with Crippen LogP contribution in [0, 0.1) is 29.1 Å². The lowest BCUT2D eigenvalue weighted by Crippen LogP contribution is -2.28. The third-order valence-electron chi connectivity index (χ3n) is 4.34. The molecular formula is C18H15F5N2O3S2. The van der Waals surface area contributed by atoms with Crippen LogP contribution in [-0.4, -0.2) is 37.5 Å². The molecule has 30 heavy (non-hydrogen) atoms. The first kappa shape index (κ1) is 22.5. The van der Waals surface area contributed by atoms with Crippen molar-refractivity contribution in [2.75, 3.05) is 24.2 Å². The number of hydrogen-bond acceptors (Lipinski definition) is 4. The summed E-state index contributed by atoms with van der Waals surface area (Å²) in [7, 11) is -3.72. The van der Waals surface area contributed by atoms with Crippen LogP contribution in [0.15, 0.2) is 34.1 Å². The van der Waals surface area contributed by atoms with Crippen molar-refractivity contribution in [1.82, 2.24) is 4.31 Å². The highest BCUT2D eigenvalue weighted by atomic mass is 32.2. The highest BCUT2D eigenvalue weighted by molar-refractivity contribution is 8.00. The van der Waals surface area contributed by atoms with Crippen LogP contribution < -0.4 is 5.32 Å². The molecule has 1 fully saturated rings. The van der Waals surface area contributed by atoms with Crippen LogP contribution in [0.1, 0.15) is 12.8 Å². The third kappa shape index (κ3) is 4.44. The van der Waals surface area contributed by atoms with Gasteiger partial charge in [0.25, 0.3) is 0 Å². The second-order valence-corrected chi connectivity index (χ2v) is 9.30. The number of benzene rings is 2. The van der Waals surface area contributed by atoms with E-state index in [-0.39, 0.29) is 22.3 Å². The van der Waals surface area contributed by atoms with Gasteiger partial charge in [0.1, 0.15) is 0 Å². The number of halogens is 5. The van der Waals surface area contributed by atoms with Gasteiger partial charge in [0.2, 0.25) is 21.7 Å². The Labute approximate surface area is 173 Å². The lowest BCUT2D eigenvalue weighted by molar-refractivity contribution is -0.113. The molecule has 0 saturated carbocycles. The molecule has 1 N–H and O–H groups in total. The van der Waals surface area contributed by atoms with Gasteiger partial charge in [-0.05, 0) is 31.0 Å². The number of amides is 1. The zero-order chi connectivity index (χ0) is 22.1. The minimum atomic E-state index is -3.72. The van der Waals surface area contributed by atoms with Gasteiger partial charge >= 0.3 is 0 Å². The van der Waals surface area contributed by atoms with Crippen LogP contribution in [0.3, 0.4) is 0 Å². The first-order chi connectivity index (χ1) is 14.1. The molecule has 1 heterocycles. The fourth-order valence-electron chi connectivity index (χ4n) is 2.86. The zero-order valence-electron chi connectivity index (χ0n) is 15.2. The van der Waals surface area contributed by atoms with Crippen LogP contribution in [0.25, 0.3) is 0 Å². The highest BCUT2D eigenvalue weighted by Gasteiger charge is 2.28. The van der Waals surface area contributed by atoms with Gasteiger partial charge in [-0.25, -0.2) is 30.4 Å². The second kappa shape index (κ2) is 8.90. The molecule has 0 radical (unpaired) electrons. The van der Waals surface area contributed by atoms with Crippen LogP contribution >= 0.6 is 11.8 Å². The molecule has 0 unspecified atom stereocenters. The molecule has 12 heteroatoms. The summed E-state index contributed by atoms with van der Waals surface area (Å²) >= 11 is 0.133. The third-order valence-corrected chi connectivity index (χ3v) is 7.29. The second-order valence-electron chi connectivity index (χ2n) is 6.37. The molecular weight excluding hydrogens is 451 g/mol. The van der Waals surface area contributed by atoms with Crippen molar-refractivity contribution in [2.45, 2.75) is 22.6 Å². The normalized spacial score (nSPS) is 14.8. The smallest absolute Gasteiger partial charge is 0.243 e. The van der Waals surface area contributed by atoms with Gasteiger partial charge < -0.3 is 5.32 Å². The van der Waals surface area contributed by atoms with Crippen LogP contribution in [0.5, 0.6) is 0 Å². The van der Waals surface area contributed by atoms with E-state index in [0.29, 0.717) is 13.1 Å². The van der Waals surface area contributed by atoms with Crippen molar-refractivity contribution in [3.8, 4) is 0 Å². The summed E-state index contributed by atoms with van der Waals surface area (Å²) in [6, 6.07) is 5.42. The predicted molar refractivity (Wildman–Crippen MR) is 100 cm³/mol. The standard InChI is InChI=1S/C18H15F5N2O3S2/c19-13-14(20)16(22)18(17(23)15(13)21)29-9-12(26)24-10-4-3-5-11(8-10)30(27,28)25-6-1-2-7-25/h3-5,8H,1-2,6-7,9H2,(H,24,26). The Bertz CT molecular complexity index is 1060. The van der Waals surface area contributed by atoms with Crippen molar-refractivity contribution in [3.05, 3.63) is 53.4 Å². The summed E-state index contributed by atoms with van der Waals surface area (Å²) in [6.07, 6.45) is 1.51. The van der Waals surface area contributed by atoms with E-state index in [1.807, 2.05) is 0 Å². The quantitative estimate of drug-likeness (QED) is 0.304. The molecule has 5 nitrogen and oxygen atoms in total. The van der Waals surface area contributed by atoms with Crippen LogP contribution in [-0.2, 0) is 14.8 Å². The Morgan fingerprint density at radius 1 is 0.967 bits per heavy atom. The topological polar surface area (TPSA) is 66.5 Å². The number of carbonyl (C=O) groups excluding carboxylic acids is 1. The van der Waals surface area contributed by atoms with E-state index < -0.39 is 55.7 Å². The Morgan fingerprint density at radius 3 is 2.13 bits per heavy atom. The fraction of sp³-hybridized carbons (Fsp3) is 0.278. The summed E-state index contributed by atoms with van der Waals surface area (Å²) < 4.78 is 93.3. The van der Waals surface area contributed by atoms with E-state index in [9.17, 15) is 35.2 Å². The molecule has 0 aromatic heterocycles. The molecule has 1 aliphatic rings. The Morgan fingerprint density at radius 2 is 1.53 bits per heavy atom. The summed E-state index contributed by atoms with van der Waals surface area (Å²) in [6.45, 7) is 0.801. The predicted octanol–water partition coefficient (Wildman–Crippen LogP) is 3.90. The van der Waals surface area contributed by atoms with Crippen LogP contribution in [0.2, 0.25) is 0 Å². The van der Waals surface area contributed by atoms with Gasteiger partial charge in [0, 0.05) is 18.8 Å². The number of hydrogen-bond donors (Lipinski definition) is 1.